The zero-order valence-electron chi connectivity index (χ0n) is 11.1. The maximum atomic E-state index is 11.0. The molecule has 0 spiro atoms. The van der Waals surface area contributed by atoms with Crippen molar-refractivity contribution in [1.82, 2.24) is 4.57 Å². The third-order valence-corrected chi connectivity index (χ3v) is 3.10. The molecule has 0 atom stereocenters. The second-order valence-corrected chi connectivity index (χ2v) is 5.45. The van der Waals surface area contributed by atoms with Crippen LogP contribution in [0.2, 0.25) is 0 Å². The highest BCUT2D eigenvalue weighted by molar-refractivity contribution is 5.85. The van der Waals surface area contributed by atoms with E-state index in [2.05, 4.69) is 20.8 Å². The monoisotopic (exact) mass is 237 g/mol. The predicted octanol–water partition coefficient (Wildman–Crippen LogP) is 3.79. The van der Waals surface area contributed by atoms with E-state index in [1.807, 2.05) is 10.8 Å². The van der Waals surface area contributed by atoms with Crippen LogP contribution in [-0.2, 0) is 6.54 Å². The van der Waals surface area contributed by atoms with Crippen molar-refractivity contribution in [2.45, 2.75) is 53.0 Å². The zero-order valence-corrected chi connectivity index (χ0v) is 11.1. The van der Waals surface area contributed by atoms with Crippen LogP contribution in [0.5, 0.6) is 0 Å². The number of aromatic nitrogens is 1. The first-order valence-electron chi connectivity index (χ1n) is 6.35. The van der Waals surface area contributed by atoms with Crippen molar-refractivity contribution >= 4 is 5.97 Å². The molecule has 1 aromatic rings. The lowest BCUT2D eigenvalue weighted by molar-refractivity contribution is 0.0682. The minimum atomic E-state index is -0.848. The summed E-state index contributed by atoms with van der Waals surface area (Å²) in [6, 6.07) is 3.45. The lowest BCUT2D eigenvalue weighted by Crippen LogP contribution is -2.21. The van der Waals surface area contributed by atoms with Crippen LogP contribution in [0.15, 0.2) is 18.3 Å². The summed E-state index contributed by atoms with van der Waals surface area (Å²) in [7, 11) is 0. The molecule has 1 rings (SSSR count). The topological polar surface area (TPSA) is 42.2 Å². The van der Waals surface area contributed by atoms with Crippen molar-refractivity contribution in [1.29, 1.82) is 0 Å². The molecule has 0 saturated heterocycles. The number of hydrogen-bond acceptors (Lipinski definition) is 1. The van der Waals surface area contributed by atoms with Crippen LogP contribution in [0.25, 0.3) is 0 Å². The summed E-state index contributed by atoms with van der Waals surface area (Å²) in [6.45, 7) is 7.37. The number of unbranched alkanes of at least 4 members (excludes halogenated alkanes) is 2. The fourth-order valence-electron chi connectivity index (χ4n) is 2.14. The largest absolute Gasteiger partial charge is 0.477 e. The second kappa shape index (κ2) is 5.89. The molecule has 96 valence electrons. The molecule has 0 saturated carbocycles. The van der Waals surface area contributed by atoms with E-state index in [0.29, 0.717) is 5.69 Å². The molecule has 1 N–H and O–H groups in total. The third kappa shape index (κ3) is 4.25. The Bertz CT molecular complexity index is 366. The molecule has 0 bridgehead atoms. The van der Waals surface area contributed by atoms with Crippen molar-refractivity contribution < 1.29 is 9.90 Å². The summed E-state index contributed by atoms with van der Waals surface area (Å²) < 4.78 is 1.84. The van der Waals surface area contributed by atoms with E-state index in [1.54, 1.807) is 12.1 Å². The molecule has 1 heterocycles. The molecule has 3 heteroatoms. The van der Waals surface area contributed by atoms with Gasteiger partial charge in [-0.15, -0.1) is 0 Å². The van der Waals surface area contributed by atoms with E-state index in [4.69, 9.17) is 5.11 Å². The Morgan fingerprint density at radius 2 is 2.12 bits per heavy atom. The van der Waals surface area contributed by atoms with E-state index in [0.717, 1.165) is 13.0 Å². The van der Waals surface area contributed by atoms with E-state index in [-0.39, 0.29) is 5.41 Å². The Morgan fingerprint density at radius 1 is 1.41 bits per heavy atom. The Morgan fingerprint density at radius 3 is 2.71 bits per heavy atom. The summed E-state index contributed by atoms with van der Waals surface area (Å²) in [4.78, 5) is 11.0. The standard InChI is InChI=1S/C14H23NO2/c1-4-5-6-9-14(2,3)11-15-10-7-8-12(15)13(16)17/h7-8,10H,4-6,9,11H2,1-3H3,(H,16,17). The molecule has 1 aromatic heterocycles. The first-order valence-corrected chi connectivity index (χ1v) is 6.35. The normalized spacial score (nSPS) is 11.7. The fraction of sp³-hybridized carbons (Fsp3) is 0.643. The first-order chi connectivity index (χ1) is 7.96. The van der Waals surface area contributed by atoms with Crippen molar-refractivity contribution in [2.75, 3.05) is 0 Å². The molecule has 17 heavy (non-hydrogen) atoms. The molecule has 0 fully saturated rings. The van der Waals surface area contributed by atoms with Gasteiger partial charge in [-0.25, -0.2) is 4.79 Å². The highest BCUT2D eigenvalue weighted by atomic mass is 16.4. The Kier molecular flexibility index (Phi) is 4.79. The van der Waals surface area contributed by atoms with Gasteiger partial charge >= 0.3 is 5.97 Å². The highest BCUT2D eigenvalue weighted by Gasteiger charge is 2.20. The molecular weight excluding hydrogens is 214 g/mol. The number of hydrogen-bond donors (Lipinski definition) is 1. The molecule has 0 aliphatic rings. The van der Waals surface area contributed by atoms with Gasteiger partial charge in [-0.2, -0.15) is 0 Å². The summed E-state index contributed by atoms with van der Waals surface area (Å²) >= 11 is 0. The average molecular weight is 237 g/mol. The second-order valence-electron chi connectivity index (χ2n) is 5.45. The minimum Gasteiger partial charge on any atom is -0.477 e. The summed E-state index contributed by atoms with van der Waals surface area (Å²) in [5.74, 6) is -0.848. The number of carbonyl (C=O) groups is 1. The Balaban J connectivity index is 2.62. The lowest BCUT2D eigenvalue weighted by atomic mass is 9.86. The van der Waals surface area contributed by atoms with Gasteiger partial charge in [0.15, 0.2) is 0 Å². The first kappa shape index (κ1) is 13.8. The Labute approximate surface area is 103 Å². The zero-order chi connectivity index (χ0) is 12.9. The minimum absolute atomic E-state index is 0.151. The van der Waals surface area contributed by atoms with E-state index in [9.17, 15) is 4.79 Å². The van der Waals surface area contributed by atoms with Crippen LogP contribution in [0.3, 0.4) is 0 Å². The maximum Gasteiger partial charge on any atom is 0.352 e. The van der Waals surface area contributed by atoms with Gasteiger partial charge in [0.2, 0.25) is 0 Å². The van der Waals surface area contributed by atoms with Crippen LogP contribution < -0.4 is 0 Å². The van der Waals surface area contributed by atoms with Crippen molar-refractivity contribution in [2.24, 2.45) is 5.41 Å². The van der Waals surface area contributed by atoms with Crippen LogP contribution in [0.1, 0.15) is 56.9 Å². The maximum absolute atomic E-state index is 11.0. The molecule has 3 nitrogen and oxygen atoms in total. The molecule has 0 amide bonds. The number of nitrogens with zero attached hydrogens (tertiary/aromatic N) is 1. The quantitative estimate of drug-likeness (QED) is 0.733. The third-order valence-electron chi connectivity index (χ3n) is 3.10. The SMILES string of the molecule is CCCCCC(C)(C)Cn1cccc1C(=O)O. The average Bonchev–Trinajstić information content (AvgIpc) is 2.65. The number of carboxylic acid groups (broad SMARTS) is 1. The molecule has 0 aliphatic heterocycles. The van der Waals surface area contributed by atoms with E-state index >= 15 is 0 Å². The van der Waals surface area contributed by atoms with Gasteiger partial charge in [0.05, 0.1) is 0 Å². The Hall–Kier alpha value is -1.25. The van der Waals surface area contributed by atoms with Gasteiger partial charge in [0, 0.05) is 12.7 Å². The van der Waals surface area contributed by atoms with Crippen LogP contribution in [-0.4, -0.2) is 15.6 Å². The van der Waals surface area contributed by atoms with Crippen LogP contribution >= 0.6 is 0 Å². The number of rotatable bonds is 7. The van der Waals surface area contributed by atoms with Crippen molar-refractivity contribution in [3.63, 3.8) is 0 Å². The van der Waals surface area contributed by atoms with Gasteiger partial charge in [-0.1, -0.05) is 40.0 Å². The number of aromatic carboxylic acids is 1. The summed E-state index contributed by atoms with van der Waals surface area (Å²) in [6.07, 6.45) is 6.68. The summed E-state index contributed by atoms with van der Waals surface area (Å²) in [5, 5.41) is 9.04. The lowest BCUT2D eigenvalue weighted by Gasteiger charge is -2.26. The number of carboxylic acids is 1. The fourth-order valence-corrected chi connectivity index (χ4v) is 2.14. The molecule has 0 radical (unpaired) electrons. The van der Waals surface area contributed by atoms with E-state index < -0.39 is 5.97 Å². The van der Waals surface area contributed by atoms with Crippen LogP contribution in [0.4, 0.5) is 0 Å². The molecule has 0 aromatic carbocycles. The molecule has 0 aliphatic carbocycles. The van der Waals surface area contributed by atoms with Crippen molar-refractivity contribution in [3.05, 3.63) is 24.0 Å². The predicted molar refractivity (Wildman–Crippen MR) is 69.3 cm³/mol. The van der Waals surface area contributed by atoms with Gasteiger partial charge < -0.3 is 9.67 Å². The smallest absolute Gasteiger partial charge is 0.352 e. The van der Waals surface area contributed by atoms with E-state index in [1.165, 1.54) is 19.3 Å². The van der Waals surface area contributed by atoms with Gasteiger partial charge in [-0.05, 0) is 24.0 Å². The molecular formula is C14H23NO2. The van der Waals surface area contributed by atoms with Crippen molar-refractivity contribution in [3.8, 4) is 0 Å². The van der Waals surface area contributed by atoms with Gasteiger partial charge in [0.25, 0.3) is 0 Å². The van der Waals surface area contributed by atoms with Gasteiger partial charge in [-0.3, -0.25) is 0 Å². The van der Waals surface area contributed by atoms with Gasteiger partial charge in [0.1, 0.15) is 5.69 Å². The molecule has 0 unspecified atom stereocenters. The summed E-state index contributed by atoms with van der Waals surface area (Å²) in [5.41, 5.74) is 0.534. The highest BCUT2D eigenvalue weighted by Crippen LogP contribution is 2.26. The van der Waals surface area contributed by atoms with Crippen LogP contribution in [0, 0.1) is 5.41 Å².